The fraction of sp³-hybridized carbons (Fsp3) is 0.290. The number of anilines is 1. The van der Waals surface area contributed by atoms with Crippen molar-refractivity contribution in [3.8, 4) is 11.8 Å². The van der Waals surface area contributed by atoms with Gasteiger partial charge in [0.15, 0.2) is 0 Å². The van der Waals surface area contributed by atoms with Crippen molar-refractivity contribution in [2.24, 2.45) is 0 Å². The quantitative estimate of drug-likeness (QED) is 0.217. The second kappa shape index (κ2) is 11.9. The number of halogens is 5. The molecule has 0 aliphatic carbocycles. The topological polar surface area (TPSA) is 69.9 Å². The number of alkyl halides is 5. The third-order valence-electron chi connectivity index (χ3n) is 7.20. The minimum atomic E-state index is -4.63. The summed E-state index contributed by atoms with van der Waals surface area (Å²) in [6.45, 7) is 2.81. The van der Waals surface area contributed by atoms with Gasteiger partial charge in [0.2, 0.25) is 0 Å². The second-order valence-electron chi connectivity index (χ2n) is 10.2. The summed E-state index contributed by atoms with van der Waals surface area (Å²) >= 11 is 0. The van der Waals surface area contributed by atoms with E-state index in [-0.39, 0.29) is 29.1 Å². The summed E-state index contributed by atoms with van der Waals surface area (Å²) in [5.74, 6) is 4.95. The highest BCUT2D eigenvalue weighted by molar-refractivity contribution is 6.04. The molecule has 1 saturated heterocycles. The van der Waals surface area contributed by atoms with Crippen LogP contribution in [0.5, 0.6) is 0 Å². The molecule has 3 heterocycles. The lowest BCUT2D eigenvalue weighted by molar-refractivity contribution is -0.138. The number of aryl methyl sites for hydroxylation is 1. The van der Waals surface area contributed by atoms with Crippen molar-refractivity contribution in [2.75, 3.05) is 18.4 Å². The maximum absolute atomic E-state index is 13.9. The van der Waals surface area contributed by atoms with Gasteiger partial charge in [-0.25, -0.2) is 13.8 Å². The number of pyridine rings is 1. The van der Waals surface area contributed by atoms with Gasteiger partial charge in [0, 0.05) is 42.6 Å². The summed E-state index contributed by atoms with van der Waals surface area (Å²) in [5, 5.41) is 12.2. The number of amides is 1. The molecule has 0 spiro atoms. The highest BCUT2D eigenvalue weighted by atomic mass is 19.4. The molecule has 0 unspecified atom stereocenters. The predicted molar refractivity (Wildman–Crippen MR) is 147 cm³/mol. The van der Waals surface area contributed by atoms with Crippen molar-refractivity contribution >= 4 is 17.2 Å². The molecule has 2 N–H and O–H groups in total. The number of aromatic nitrogens is 2. The molecular weight excluding hydrogens is 555 g/mol. The molecule has 1 aliphatic heterocycles. The predicted octanol–water partition coefficient (Wildman–Crippen LogP) is 6.21. The second-order valence-corrected chi connectivity index (χ2v) is 10.2. The maximum atomic E-state index is 13.9. The Labute approximate surface area is 238 Å². The van der Waals surface area contributed by atoms with E-state index in [9.17, 15) is 31.9 Å². The molecule has 42 heavy (non-hydrogen) atoms. The average molecular weight is 583 g/mol. The van der Waals surface area contributed by atoms with Crippen LogP contribution in [0.4, 0.5) is 27.6 Å². The Morgan fingerprint density at radius 1 is 1.10 bits per heavy atom. The number of aliphatic hydroxyl groups is 1. The number of hydrogen-bond donors (Lipinski definition) is 2. The van der Waals surface area contributed by atoms with Gasteiger partial charge >= 0.3 is 6.18 Å². The minimum absolute atomic E-state index is 0.0225. The van der Waals surface area contributed by atoms with Crippen LogP contribution in [-0.4, -0.2) is 44.5 Å². The Kier molecular flexibility index (Phi) is 8.29. The van der Waals surface area contributed by atoms with Gasteiger partial charge in [-0.2, -0.15) is 13.2 Å². The molecule has 0 bridgehead atoms. The van der Waals surface area contributed by atoms with Gasteiger partial charge in [-0.05, 0) is 73.2 Å². The number of carbonyl (C=O) groups is 1. The van der Waals surface area contributed by atoms with Crippen LogP contribution < -0.4 is 5.32 Å². The van der Waals surface area contributed by atoms with Crippen LogP contribution in [0.2, 0.25) is 0 Å². The van der Waals surface area contributed by atoms with Crippen LogP contribution in [0.15, 0.2) is 60.8 Å². The van der Waals surface area contributed by atoms with E-state index in [1.807, 2.05) is 4.90 Å². The van der Waals surface area contributed by atoms with E-state index >= 15 is 0 Å². The summed E-state index contributed by atoms with van der Waals surface area (Å²) in [7, 11) is 0. The Morgan fingerprint density at radius 3 is 2.57 bits per heavy atom. The summed E-state index contributed by atoms with van der Waals surface area (Å²) in [5.41, 5.74) is 0.322. The van der Waals surface area contributed by atoms with Gasteiger partial charge in [-0.1, -0.05) is 24.1 Å². The van der Waals surface area contributed by atoms with Gasteiger partial charge in [0.25, 0.3) is 12.3 Å². The zero-order valence-electron chi connectivity index (χ0n) is 22.6. The molecule has 1 aliphatic rings. The Balaban J connectivity index is 1.38. The zero-order valence-corrected chi connectivity index (χ0v) is 22.6. The van der Waals surface area contributed by atoms with Crippen molar-refractivity contribution in [2.45, 2.75) is 45.0 Å². The molecule has 1 fully saturated rings. The fourth-order valence-corrected chi connectivity index (χ4v) is 4.89. The fourth-order valence-electron chi connectivity index (χ4n) is 4.89. The highest BCUT2D eigenvalue weighted by Gasteiger charge is 2.34. The van der Waals surface area contributed by atoms with E-state index < -0.39 is 35.9 Å². The van der Waals surface area contributed by atoms with E-state index in [2.05, 4.69) is 22.1 Å². The number of benzene rings is 2. The first-order valence-corrected chi connectivity index (χ1v) is 13.3. The van der Waals surface area contributed by atoms with E-state index in [1.54, 1.807) is 37.4 Å². The van der Waals surface area contributed by atoms with Crippen LogP contribution in [0.3, 0.4) is 0 Å². The summed E-state index contributed by atoms with van der Waals surface area (Å²) in [4.78, 5) is 18.9. The van der Waals surface area contributed by atoms with Gasteiger partial charge in [-0.3, -0.25) is 14.1 Å². The summed E-state index contributed by atoms with van der Waals surface area (Å²) in [6.07, 6.45) is -5.32. The average Bonchev–Trinajstić information content (AvgIpc) is 3.33. The molecule has 0 atom stereocenters. The maximum Gasteiger partial charge on any atom is 0.416 e. The number of rotatable bonds is 5. The third-order valence-corrected chi connectivity index (χ3v) is 7.20. The largest absolute Gasteiger partial charge is 0.416 e. The van der Waals surface area contributed by atoms with Crippen LogP contribution in [0.25, 0.3) is 5.65 Å². The van der Waals surface area contributed by atoms with Crippen molar-refractivity contribution in [1.82, 2.24) is 14.3 Å². The first kappa shape index (κ1) is 29.2. The molecule has 0 saturated carbocycles. The lowest BCUT2D eigenvalue weighted by atomic mass is 10.0. The van der Waals surface area contributed by atoms with Crippen molar-refractivity contribution < 1.29 is 31.9 Å². The minimum Gasteiger partial charge on any atom is -0.393 e. The molecular formula is C31H27F5N4O2. The van der Waals surface area contributed by atoms with Crippen molar-refractivity contribution in [3.05, 3.63) is 100.0 Å². The number of imidazole rings is 1. The molecule has 218 valence electrons. The highest BCUT2D eigenvalue weighted by Crippen LogP contribution is 2.35. The first-order chi connectivity index (χ1) is 20.0. The molecule has 6 nitrogen and oxygen atoms in total. The summed E-state index contributed by atoms with van der Waals surface area (Å²) in [6, 6.07) is 13.2. The number of fused-ring (bicyclic) bond motifs is 1. The monoisotopic (exact) mass is 582 g/mol. The number of hydrogen-bond acceptors (Lipinski definition) is 4. The molecule has 5 rings (SSSR count). The lowest BCUT2D eigenvalue weighted by Crippen LogP contribution is -2.35. The van der Waals surface area contributed by atoms with Crippen molar-refractivity contribution in [1.29, 1.82) is 0 Å². The molecule has 4 aromatic rings. The van der Waals surface area contributed by atoms with E-state index in [0.29, 0.717) is 42.7 Å². The third kappa shape index (κ3) is 6.45. The van der Waals surface area contributed by atoms with E-state index in [4.69, 9.17) is 0 Å². The number of aliphatic hydroxyl groups excluding tert-OH is 1. The molecule has 2 aromatic carbocycles. The first-order valence-electron chi connectivity index (χ1n) is 13.3. The van der Waals surface area contributed by atoms with Gasteiger partial charge in [0.1, 0.15) is 17.0 Å². The SMILES string of the molecule is Cc1ccc(C(=O)Nc2ccc(CN3CCC(O)CC3)c(C(F)(F)F)c2)cc1C#Cc1c(C(F)F)nc2ccccn12. The Morgan fingerprint density at radius 2 is 1.86 bits per heavy atom. The normalized spacial score (nSPS) is 14.7. The Bertz CT molecular complexity index is 1680. The van der Waals surface area contributed by atoms with Crippen LogP contribution in [0.1, 0.15) is 63.3 Å². The number of nitrogens with zero attached hydrogens (tertiary/aromatic N) is 3. The van der Waals surface area contributed by atoms with Crippen LogP contribution in [0, 0.1) is 18.8 Å². The zero-order chi connectivity index (χ0) is 30.0. The number of likely N-dealkylation sites (tertiary alicyclic amines) is 1. The standard InChI is InChI=1S/C31H27F5N4O2/c1-19-5-6-21(16-20(19)8-10-26-28(29(32)33)38-27-4-2-3-13-40(26)27)30(42)37-23-9-7-22(25(17-23)31(34,35)36)18-39-14-11-24(41)12-15-39/h2-7,9,13,16-17,24,29,41H,11-12,14-15,18H2,1H3,(H,37,42). The number of nitrogens with one attached hydrogen (secondary N) is 1. The molecule has 0 radical (unpaired) electrons. The Hall–Kier alpha value is -4.27. The number of piperidine rings is 1. The van der Waals surface area contributed by atoms with Gasteiger partial charge in [-0.15, -0.1) is 0 Å². The molecule has 2 aromatic heterocycles. The number of carbonyl (C=O) groups excluding carboxylic acids is 1. The van der Waals surface area contributed by atoms with Crippen LogP contribution >= 0.6 is 0 Å². The van der Waals surface area contributed by atoms with Crippen molar-refractivity contribution in [3.63, 3.8) is 0 Å². The molecule has 11 heteroatoms. The summed E-state index contributed by atoms with van der Waals surface area (Å²) < 4.78 is 70.5. The van der Waals surface area contributed by atoms with E-state index in [1.165, 1.54) is 28.7 Å². The van der Waals surface area contributed by atoms with Gasteiger partial charge < -0.3 is 10.4 Å². The van der Waals surface area contributed by atoms with E-state index in [0.717, 1.165) is 6.07 Å². The lowest BCUT2D eigenvalue weighted by Gasteiger charge is -2.30. The van der Waals surface area contributed by atoms with Crippen LogP contribution in [-0.2, 0) is 12.7 Å². The smallest absolute Gasteiger partial charge is 0.393 e. The molecule has 1 amide bonds. The van der Waals surface area contributed by atoms with Gasteiger partial charge in [0.05, 0.1) is 11.7 Å².